The van der Waals surface area contributed by atoms with Gasteiger partial charge in [0.2, 0.25) is 0 Å². The maximum atomic E-state index is 6.58. The van der Waals surface area contributed by atoms with Gasteiger partial charge >= 0.3 is 0 Å². The Hall–Kier alpha value is -4.49. The minimum atomic E-state index is 0.919. The van der Waals surface area contributed by atoms with E-state index in [0.717, 1.165) is 21.9 Å². The lowest BCUT2D eigenvalue weighted by Crippen LogP contribution is -2.55. The second-order valence-corrected chi connectivity index (χ2v) is 14.4. The molecule has 0 spiro atoms. The summed E-state index contributed by atoms with van der Waals surface area (Å²) < 4.78 is 6.58. The molecule has 0 radical (unpaired) electrons. The highest BCUT2D eigenvalue weighted by Crippen LogP contribution is 2.44. The van der Waals surface area contributed by atoms with E-state index in [0.29, 0.717) is 0 Å². The van der Waals surface area contributed by atoms with Crippen molar-refractivity contribution in [3.8, 4) is 33.4 Å². The SMILES string of the molecule is Bc1c(B)c(B)c(-c2ccc3c(c2)oc2ccc(-c4c5ccccc5c(-c5c(B)c(B)c(B)c(B)c5B)c5ccccc45)cc23)c(B)c1B. The van der Waals surface area contributed by atoms with E-state index in [2.05, 4.69) is 163 Å². The Morgan fingerprint density at radius 1 is 0.286 bits per heavy atom. The van der Waals surface area contributed by atoms with Crippen LogP contribution in [0.1, 0.15) is 0 Å². The smallest absolute Gasteiger partial charge is 0.139 e. The van der Waals surface area contributed by atoms with Gasteiger partial charge in [-0.1, -0.05) is 82.5 Å². The molecule has 0 N–H and O–H groups in total. The molecular weight excluding hydrogens is 581 g/mol. The fourth-order valence-electron chi connectivity index (χ4n) is 8.61. The second kappa shape index (κ2) is 11.5. The highest BCUT2D eigenvalue weighted by Gasteiger charge is 2.22. The van der Waals surface area contributed by atoms with Crippen LogP contribution in [-0.2, 0) is 0 Å². The van der Waals surface area contributed by atoms with Gasteiger partial charge in [0.25, 0.3) is 0 Å². The van der Waals surface area contributed by atoms with Crippen molar-refractivity contribution < 1.29 is 4.42 Å². The maximum absolute atomic E-state index is 6.58. The number of hydrogen-bond acceptors (Lipinski definition) is 1. The summed E-state index contributed by atoms with van der Waals surface area (Å²) in [6, 6.07) is 31.5. The standard InChI is InChI=1S/C38H34B10O/c39-29-26(30(40)34(44)37(47)33(29)43)16-9-11-17-22-13-15(10-12-23(22)49-24(17)14-16)25-18-5-1-3-7-20(18)27(21-8-4-2-6-19(21)25)28-31(41)35(45)38(48)36(46)32(28)42/h1-14H,39-48H2. The van der Waals surface area contributed by atoms with Gasteiger partial charge in [-0.2, -0.15) is 0 Å². The summed E-state index contributed by atoms with van der Waals surface area (Å²) >= 11 is 0. The van der Waals surface area contributed by atoms with Crippen LogP contribution in [0.3, 0.4) is 0 Å². The number of hydrogen-bond donors (Lipinski definition) is 0. The molecule has 1 nitrogen and oxygen atoms in total. The first-order valence-corrected chi connectivity index (χ1v) is 17.5. The molecular formula is C38H34B10O. The summed E-state index contributed by atoms with van der Waals surface area (Å²) in [5, 5.41) is 7.44. The van der Waals surface area contributed by atoms with E-state index in [9.17, 15) is 0 Å². The van der Waals surface area contributed by atoms with E-state index in [1.165, 1.54) is 110 Å². The summed E-state index contributed by atoms with van der Waals surface area (Å²) in [6.45, 7) is 0. The normalized spacial score (nSPS) is 11.7. The molecule has 0 fully saturated rings. The summed E-state index contributed by atoms with van der Waals surface area (Å²) in [7, 11) is 22.6. The van der Waals surface area contributed by atoms with E-state index < -0.39 is 0 Å². The molecule has 8 aromatic rings. The third kappa shape index (κ3) is 4.61. The molecule has 1 aromatic heterocycles. The Kier molecular flexibility index (Phi) is 7.49. The number of fused-ring (bicyclic) bond motifs is 5. The molecule has 0 saturated heterocycles. The van der Waals surface area contributed by atoms with Crippen molar-refractivity contribution in [1.82, 2.24) is 0 Å². The third-order valence-corrected chi connectivity index (χ3v) is 12.2. The molecule has 0 aliphatic heterocycles. The van der Waals surface area contributed by atoms with Crippen LogP contribution in [-0.4, -0.2) is 78.5 Å². The van der Waals surface area contributed by atoms with Crippen LogP contribution in [0.4, 0.5) is 0 Å². The van der Waals surface area contributed by atoms with Gasteiger partial charge < -0.3 is 4.42 Å². The van der Waals surface area contributed by atoms with Gasteiger partial charge in [-0.05, 0) is 79.2 Å². The third-order valence-electron chi connectivity index (χ3n) is 12.2. The van der Waals surface area contributed by atoms with Gasteiger partial charge in [-0.25, -0.2) is 0 Å². The Labute approximate surface area is 298 Å². The Balaban J connectivity index is 1.38. The molecule has 0 aliphatic carbocycles. The first kappa shape index (κ1) is 31.8. The number of rotatable bonds is 3. The highest BCUT2D eigenvalue weighted by atomic mass is 16.3. The first-order valence-electron chi connectivity index (χ1n) is 17.5. The molecule has 0 unspecified atom stereocenters. The van der Waals surface area contributed by atoms with Gasteiger partial charge in [0.15, 0.2) is 0 Å². The van der Waals surface area contributed by atoms with Crippen molar-refractivity contribution >= 4 is 177 Å². The van der Waals surface area contributed by atoms with Crippen molar-refractivity contribution in [3.05, 3.63) is 84.9 Å². The molecule has 7 aromatic carbocycles. The van der Waals surface area contributed by atoms with E-state index in [1.54, 1.807) is 0 Å². The average molecular weight is 615 g/mol. The minimum absolute atomic E-state index is 0.919. The molecule has 49 heavy (non-hydrogen) atoms. The molecule has 0 saturated carbocycles. The van der Waals surface area contributed by atoms with Crippen LogP contribution in [0.15, 0.2) is 89.3 Å². The van der Waals surface area contributed by atoms with E-state index in [1.807, 2.05) is 0 Å². The molecule has 0 atom stereocenters. The van der Waals surface area contributed by atoms with Crippen molar-refractivity contribution in [2.24, 2.45) is 0 Å². The van der Waals surface area contributed by atoms with Crippen LogP contribution in [0, 0.1) is 0 Å². The maximum Gasteiger partial charge on any atom is 0.139 e. The fourth-order valence-corrected chi connectivity index (χ4v) is 8.61. The van der Waals surface area contributed by atoms with Gasteiger partial charge in [-0.3, -0.25) is 0 Å². The predicted octanol–water partition coefficient (Wildman–Crippen LogP) is -6.52. The van der Waals surface area contributed by atoms with Crippen molar-refractivity contribution in [2.45, 2.75) is 0 Å². The monoisotopic (exact) mass is 616 g/mol. The summed E-state index contributed by atoms with van der Waals surface area (Å²) in [6.07, 6.45) is 0. The first-order chi connectivity index (χ1) is 23.5. The number of furan rings is 1. The molecule has 11 heteroatoms. The predicted molar refractivity (Wildman–Crippen MR) is 247 cm³/mol. The van der Waals surface area contributed by atoms with Crippen molar-refractivity contribution in [2.75, 3.05) is 0 Å². The van der Waals surface area contributed by atoms with E-state index in [-0.39, 0.29) is 0 Å². The zero-order valence-corrected chi connectivity index (χ0v) is 30.5. The largest absolute Gasteiger partial charge is 0.456 e. The second-order valence-electron chi connectivity index (χ2n) is 14.4. The highest BCUT2D eigenvalue weighted by molar-refractivity contribution is 6.70. The average Bonchev–Trinajstić information content (AvgIpc) is 3.48. The zero-order valence-electron chi connectivity index (χ0n) is 30.5. The number of benzene rings is 7. The molecule has 8 rings (SSSR count). The molecule has 0 amide bonds. The summed E-state index contributed by atoms with van der Waals surface area (Å²) in [5.41, 5.74) is 23.3. The van der Waals surface area contributed by atoms with E-state index in [4.69, 9.17) is 4.42 Å². The molecule has 0 aliphatic rings. The van der Waals surface area contributed by atoms with Gasteiger partial charge in [0, 0.05) is 10.8 Å². The quantitative estimate of drug-likeness (QED) is 0.143. The van der Waals surface area contributed by atoms with Crippen molar-refractivity contribution in [1.29, 1.82) is 0 Å². The van der Waals surface area contributed by atoms with Crippen LogP contribution < -0.4 is 54.6 Å². The molecule has 0 bridgehead atoms. The van der Waals surface area contributed by atoms with E-state index >= 15 is 0 Å². The summed E-state index contributed by atoms with van der Waals surface area (Å²) in [4.78, 5) is 0. The van der Waals surface area contributed by atoms with Gasteiger partial charge in [0.05, 0.1) is 0 Å². The topological polar surface area (TPSA) is 13.1 Å². The molecule has 222 valence electrons. The zero-order chi connectivity index (χ0) is 34.5. The molecule has 1 heterocycles. The fraction of sp³-hybridized carbons (Fsp3) is 0. The van der Waals surface area contributed by atoms with Crippen LogP contribution >= 0.6 is 0 Å². The van der Waals surface area contributed by atoms with Crippen molar-refractivity contribution in [3.63, 3.8) is 0 Å². The van der Waals surface area contributed by atoms with Crippen LogP contribution in [0.5, 0.6) is 0 Å². The Bertz CT molecular complexity index is 2620. The van der Waals surface area contributed by atoms with Gasteiger partial charge in [0.1, 0.15) is 89.6 Å². The van der Waals surface area contributed by atoms with Gasteiger partial charge in [-0.15, -0.1) is 32.8 Å². The Morgan fingerprint density at radius 2 is 0.694 bits per heavy atom. The Morgan fingerprint density at radius 3 is 1.20 bits per heavy atom. The minimum Gasteiger partial charge on any atom is -0.456 e. The lowest BCUT2D eigenvalue weighted by atomic mass is 9.59. The lowest BCUT2D eigenvalue weighted by Gasteiger charge is -2.24. The lowest BCUT2D eigenvalue weighted by molar-refractivity contribution is 0.669. The van der Waals surface area contributed by atoms with Crippen LogP contribution in [0.25, 0.3) is 76.9 Å². The summed E-state index contributed by atoms with van der Waals surface area (Å²) in [5.74, 6) is 0. The van der Waals surface area contributed by atoms with Crippen LogP contribution in [0.2, 0.25) is 0 Å².